The first-order valence-corrected chi connectivity index (χ1v) is 8.65. The number of carbonyl (C=O) groups excluding carboxylic acids is 1. The number of thioether (sulfide) groups is 1. The number of hydrogen-bond donors (Lipinski definition) is 1. The molecule has 0 saturated carbocycles. The van der Waals surface area contributed by atoms with Crippen LogP contribution < -0.4 is 4.90 Å². The number of fused-ring (bicyclic) bond motifs is 1. The van der Waals surface area contributed by atoms with E-state index in [0.717, 1.165) is 18.7 Å². The molecule has 0 fully saturated rings. The maximum absolute atomic E-state index is 13.0. The van der Waals surface area contributed by atoms with Gasteiger partial charge in [0.2, 0.25) is 5.91 Å². The van der Waals surface area contributed by atoms with Crippen LogP contribution in [0.15, 0.2) is 29.2 Å². The molecule has 1 atom stereocenters. The van der Waals surface area contributed by atoms with Gasteiger partial charge < -0.3 is 4.90 Å². The molecule has 1 aliphatic heterocycles. The number of rotatable bonds is 3. The summed E-state index contributed by atoms with van der Waals surface area (Å²) in [5, 5.41) is 14.6. The largest absolute Gasteiger partial charge is 0.311 e. The van der Waals surface area contributed by atoms with Gasteiger partial charge in [-0.1, -0.05) is 38.1 Å². The summed E-state index contributed by atoms with van der Waals surface area (Å²) >= 11 is 1.84. The summed E-state index contributed by atoms with van der Waals surface area (Å²) in [5.41, 5.74) is 0.556. The number of hydrogen-bond acceptors (Lipinski definition) is 5. The van der Waals surface area contributed by atoms with Crippen molar-refractivity contribution in [2.24, 2.45) is 0 Å². The number of aromatic amines is 1. The van der Waals surface area contributed by atoms with Crippen LogP contribution in [0.1, 0.15) is 39.4 Å². The Kier molecular flexibility index (Phi) is 4.39. The molecule has 1 unspecified atom stereocenters. The normalized spacial score (nSPS) is 18.4. The summed E-state index contributed by atoms with van der Waals surface area (Å²) in [6.45, 7) is 6.89. The Morgan fingerprint density at radius 1 is 1.43 bits per heavy atom. The molecular weight excluding hydrogens is 310 g/mol. The molecule has 2 aromatic rings. The van der Waals surface area contributed by atoms with Crippen LogP contribution in [0.5, 0.6) is 0 Å². The van der Waals surface area contributed by atoms with Crippen LogP contribution in [0.2, 0.25) is 0 Å². The molecule has 6 nitrogen and oxygen atoms in total. The minimum atomic E-state index is -0.454. The number of nitrogens with one attached hydrogen (secondary N) is 1. The Hall–Kier alpha value is -1.89. The van der Waals surface area contributed by atoms with Crippen molar-refractivity contribution in [3.8, 4) is 0 Å². The number of aromatic nitrogens is 4. The molecule has 0 spiro atoms. The summed E-state index contributed by atoms with van der Waals surface area (Å²) in [5.74, 6) is 0.665. The minimum Gasteiger partial charge on any atom is -0.311 e. The molecule has 0 bridgehead atoms. The molecule has 122 valence electrons. The minimum absolute atomic E-state index is 0.0990. The number of para-hydroxylation sites is 1. The summed E-state index contributed by atoms with van der Waals surface area (Å²) in [6, 6.07) is 8.13. The highest BCUT2D eigenvalue weighted by Crippen LogP contribution is 2.38. The van der Waals surface area contributed by atoms with E-state index in [-0.39, 0.29) is 5.91 Å². The van der Waals surface area contributed by atoms with E-state index in [1.165, 1.54) is 4.90 Å². The molecule has 7 heteroatoms. The zero-order valence-corrected chi connectivity index (χ0v) is 14.4. The van der Waals surface area contributed by atoms with Crippen LogP contribution in [0.25, 0.3) is 0 Å². The van der Waals surface area contributed by atoms with E-state index in [9.17, 15) is 4.79 Å². The maximum atomic E-state index is 13.0. The fourth-order valence-electron chi connectivity index (χ4n) is 2.75. The van der Waals surface area contributed by atoms with Crippen LogP contribution in [-0.4, -0.2) is 38.3 Å². The predicted octanol–water partition coefficient (Wildman–Crippen LogP) is 2.78. The first-order chi connectivity index (χ1) is 11.0. The maximum Gasteiger partial charge on any atom is 0.228 e. The van der Waals surface area contributed by atoms with E-state index in [1.54, 1.807) is 0 Å². The van der Waals surface area contributed by atoms with E-state index >= 15 is 0 Å². The van der Waals surface area contributed by atoms with Crippen molar-refractivity contribution >= 4 is 23.4 Å². The molecule has 1 N–H and O–H groups in total. The average Bonchev–Trinajstić information content (AvgIpc) is 2.98. The summed E-state index contributed by atoms with van der Waals surface area (Å²) < 4.78 is 0. The average molecular weight is 331 g/mol. The monoisotopic (exact) mass is 331 g/mol. The third-order valence-electron chi connectivity index (χ3n) is 4.09. The number of carbonyl (C=O) groups is 1. The van der Waals surface area contributed by atoms with Gasteiger partial charge in [-0.25, -0.2) is 0 Å². The molecule has 3 rings (SSSR count). The number of tetrazole rings is 1. The lowest BCUT2D eigenvalue weighted by Crippen LogP contribution is -2.37. The van der Waals surface area contributed by atoms with Crippen molar-refractivity contribution in [3.05, 3.63) is 30.1 Å². The van der Waals surface area contributed by atoms with Crippen LogP contribution >= 0.6 is 11.8 Å². The molecule has 0 aliphatic carbocycles. The van der Waals surface area contributed by atoms with Crippen molar-refractivity contribution in [2.75, 3.05) is 11.4 Å². The molecule has 2 heterocycles. The van der Waals surface area contributed by atoms with Crippen molar-refractivity contribution < 1.29 is 4.79 Å². The van der Waals surface area contributed by atoms with E-state index in [1.807, 2.05) is 48.7 Å². The second-order valence-electron chi connectivity index (χ2n) is 6.53. The van der Waals surface area contributed by atoms with Gasteiger partial charge in [0.25, 0.3) is 0 Å². The van der Waals surface area contributed by atoms with Gasteiger partial charge in [-0.05, 0) is 18.6 Å². The molecular formula is C16H21N5OS. The van der Waals surface area contributed by atoms with E-state index in [4.69, 9.17) is 0 Å². The molecule has 1 aromatic carbocycles. The first-order valence-electron chi connectivity index (χ1n) is 7.77. The Labute approximate surface area is 140 Å². The van der Waals surface area contributed by atoms with E-state index in [0.29, 0.717) is 17.5 Å². The lowest BCUT2D eigenvalue weighted by molar-refractivity contribution is -0.119. The van der Waals surface area contributed by atoms with Gasteiger partial charge in [0.15, 0.2) is 5.82 Å². The third kappa shape index (κ3) is 3.39. The highest BCUT2D eigenvalue weighted by atomic mass is 32.2. The van der Waals surface area contributed by atoms with Gasteiger partial charge in [0, 0.05) is 28.5 Å². The van der Waals surface area contributed by atoms with Crippen LogP contribution in [0, 0.1) is 0 Å². The van der Waals surface area contributed by atoms with Crippen molar-refractivity contribution in [3.63, 3.8) is 0 Å². The number of nitrogens with zero attached hydrogens (tertiary/aromatic N) is 4. The predicted molar refractivity (Wildman–Crippen MR) is 90.6 cm³/mol. The van der Waals surface area contributed by atoms with Gasteiger partial charge in [0.05, 0.1) is 5.69 Å². The number of amides is 1. The Morgan fingerprint density at radius 3 is 2.96 bits per heavy atom. The van der Waals surface area contributed by atoms with E-state index < -0.39 is 5.41 Å². The van der Waals surface area contributed by atoms with E-state index in [2.05, 4.69) is 33.6 Å². The van der Waals surface area contributed by atoms with Gasteiger partial charge in [-0.3, -0.25) is 4.79 Å². The van der Waals surface area contributed by atoms with Gasteiger partial charge >= 0.3 is 0 Å². The first kappa shape index (κ1) is 16.0. The number of anilines is 1. The Balaban J connectivity index is 1.85. The van der Waals surface area contributed by atoms with Gasteiger partial charge in [-0.2, -0.15) is 5.21 Å². The van der Waals surface area contributed by atoms with Crippen molar-refractivity contribution in [2.45, 2.75) is 49.2 Å². The molecule has 0 radical (unpaired) electrons. The fraction of sp³-hybridized carbons (Fsp3) is 0.500. The molecule has 0 saturated heterocycles. The Morgan fingerprint density at radius 2 is 2.22 bits per heavy atom. The second kappa shape index (κ2) is 6.31. The molecule has 1 aliphatic rings. The third-order valence-corrected chi connectivity index (χ3v) is 5.33. The lowest BCUT2D eigenvalue weighted by atomic mass is 9.88. The van der Waals surface area contributed by atoms with Crippen molar-refractivity contribution in [1.82, 2.24) is 20.6 Å². The number of H-pyrrole nitrogens is 1. The SMILES string of the molecule is CC1CCN(C(=O)CC(C)(C)c2nn[nH]n2)c2ccccc2S1. The summed E-state index contributed by atoms with van der Waals surface area (Å²) in [6.07, 6.45) is 1.33. The highest BCUT2D eigenvalue weighted by Gasteiger charge is 2.32. The topological polar surface area (TPSA) is 74.8 Å². The fourth-order valence-corrected chi connectivity index (χ4v) is 3.86. The molecule has 23 heavy (non-hydrogen) atoms. The van der Waals surface area contributed by atoms with Gasteiger partial charge in [-0.15, -0.1) is 22.0 Å². The highest BCUT2D eigenvalue weighted by molar-refractivity contribution is 8.00. The van der Waals surface area contributed by atoms with Crippen molar-refractivity contribution in [1.29, 1.82) is 0 Å². The summed E-state index contributed by atoms with van der Waals surface area (Å²) in [7, 11) is 0. The zero-order valence-electron chi connectivity index (χ0n) is 13.6. The second-order valence-corrected chi connectivity index (χ2v) is 8.01. The summed E-state index contributed by atoms with van der Waals surface area (Å²) in [4.78, 5) is 16.0. The smallest absolute Gasteiger partial charge is 0.228 e. The van der Waals surface area contributed by atoms with Crippen LogP contribution in [0.4, 0.5) is 5.69 Å². The Bertz CT molecular complexity index is 686. The zero-order chi connectivity index (χ0) is 16.4. The molecule has 1 amide bonds. The van der Waals surface area contributed by atoms with Crippen LogP contribution in [0.3, 0.4) is 0 Å². The molecule has 1 aromatic heterocycles. The quantitative estimate of drug-likeness (QED) is 0.936. The lowest BCUT2D eigenvalue weighted by Gasteiger charge is -2.27. The van der Waals surface area contributed by atoms with Gasteiger partial charge in [0.1, 0.15) is 0 Å². The van der Waals surface area contributed by atoms with Crippen LogP contribution in [-0.2, 0) is 10.2 Å². The standard InChI is InChI=1S/C16H21N5OS/c1-11-8-9-21(12-6-4-5-7-13(12)23-11)14(22)10-16(2,3)15-17-19-20-18-15/h4-7,11H,8-10H2,1-3H3,(H,17,18,19,20). The number of benzene rings is 1.